The van der Waals surface area contributed by atoms with Crippen LogP contribution in [-0.4, -0.2) is 37.1 Å². The van der Waals surface area contributed by atoms with Crippen molar-refractivity contribution >= 4 is 22.6 Å². The van der Waals surface area contributed by atoms with Crippen molar-refractivity contribution in [3.8, 4) is 17.0 Å². The highest BCUT2D eigenvalue weighted by Gasteiger charge is 2.21. The van der Waals surface area contributed by atoms with Gasteiger partial charge in [0.2, 0.25) is 0 Å². The number of pyridine rings is 1. The number of anilines is 1. The van der Waals surface area contributed by atoms with E-state index in [1.54, 1.807) is 16.9 Å². The minimum absolute atomic E-state index is 0.0142. The maximum absolute atomic E-state index is 13.3. The third kappa shape index (κ3) is 4.41. The molecule has 3 aromatic heterocycles. The van der Waals surface area contributed by atoms with E-state index in [1.165, 1.54) is 24.3 Å². The van der Waals surface area contributed by atoms with Crippen LogP contribution in [0.4, 0.5) is 14.5 Å². The van der Waals surface area contributed by atoms with Gasteiger partial charge in [-0.3, -0.25) is 9.48 Å². The van der Waals surface area contributed by atoms with E-state index >= 15 is 0 Å². The molecule has 33 heavy (non-hydrogen) atoms. The van der Waals surface area contributed by atoms with Crippen molar-refractivity contribution in [3.05, 3.63) is 53.5 Å². The minimum Gasteiger partial charge on any atom is -0.435 e. The smallest absolute Gasteiger partial charge is 0.387 e. The second-order valence-corrected chi connectivity index (χ2v) is 7.69. The lowest BCUT2D eigenvalue weighted by atomic mass is 10.1. The van der Waals surface area contributed by atoms with Crippen LogP contribution < -0.4 is 10.1 Å². The number of nitrogens with zero attached hydrogens (tertiary/aromatic N) is 5. The van der Waals surface area contributed by atoms with E-state index in [4.69, 9.17) is 4.98 Å². The summed E-state index contributed by atoms with van der Waals surface area (Å²) in [6, 6.07) is 7.50. The number of hydrogen-bond acceptors (Lipinski definition) is 5. The monoisotopic (exact) mass is 454 g/mol. The zero-order valence-electron chi connectivity index (χ0n) is 18.8. The first-order valence-corrected chi connectivity index (χ1v) is 10.5. The molecule has 0 spiro atoms. The average molecular weight is 454 g/mol. The predicted molar refractivity (Wildman–Crippen MR) is 121 cm³/mol. The van der Waals surface area contributed by atoms with Gasteiger partial charge >= 0.3 is 6.61 Å². The number of rotatable bonds is 7. The lowest BCUT2D eigenvalue weighted by molar-refractivity contribution is -0.0498. The topological polar surface area (TPSA) is 86.9 Å². The van der Waals surface area contributed by atoms with E-state index in [9.17, 15) is 13.6 Å². The van der Waals surface area contributed by atoms with Crippen LogP contribution in [-0.2, 0) is 13.6 Å². The van der Waals surface area contributed by atoms with Crippen LogP contribution in [0.2, 0.25) is 0 Å². The normalized spacial score (nSPS) is 11.4. The molecule has 0 fully saturated rings. The van der Waals surface area contributed by atoms with Crippen LogP contribution in [0.25, 0.3) is 22.3 Å². The van der Waals surface area contributed by atoms with Crippen molar-refractivity contribution in [2.75, 3.05) is 5.32 Å². The molecular weight excluding hydrogens is 430 g/mol. The fourth-order valence-electron chi connectivity index (χ4n) is 3.71. The molecule has 8 nitrogen and oxygen atoms in total. The molecule has 0 bridgehead atoms. The Morgan fingerprint density at radius 2 is 1.94 bits per heavy atom. The summed E-state index contributed by atoms with van der Waals surface area (Å²) in [5.74, 6) is -0.341. The molecule has 0 aliphatic heterocycles. The number of alkyl halides is 2. The van der Waals surface area contributed by atoms with Crippen LogP contribution in [0.5, 0.6) is 5.75 Å². The number of fused-ring (bicyclic) bond motifs is 1. The number of benzene rings is 1. The Labute approximate surface area is 189 Å². The Hall–Kier alpha value is -3.82. The van der Waals surface area contributed by atoms with Crippen LogP contribution in [0, 0.1) is 13.8 Å². The van der Waals surface area contributed by atoms with E-state index in [1.807, 2.05) is 32.5 Å². The second-order valence-electron chi connectivity index (χ2n) is 7.69. The van der Waals surface area contributed by atoms with Gasteiger partial charge in [-0.05, 0) is 50.6 Å². The van der Waals surface area contributed by atoms with Crippen molar-refractivity contribution in [3.63, 3.8) is 0 Å². The molecule has 1 N–H and O–H groups in total. The molecule has 4 rings (SSSR count). The van der Waals surface area contributed by atoms with E-state index in [-0.39, 0.29) is 11.7 Å². The highest BCUT2D eigenvalue weighted by atomic mass is 19.3. The zero-order valence-corrected chi connectivity index (χ0v) is 18.8. The molecule has 0 aliphatic rings. The number of hydrogen-bond donors (Lipinski definition) is 1. The quantitative estimate of drug-likeness (QED) is 0.437. The summed E-state index contributed by atoms with van der Waals surface area (Å²) in [5.41, 5.74) is 4.56. The molecule has 1 aromatic carbocycles. The van der Waals surface area contributed by atoms with E-state index in [2.05, 4.69) is 20.3 Å². The zero-order chi connectivity index (χ0) is 23.7. The first-order chi connectivity index (χ1) is 15.8. The Morgan fingerprint density at radius 3 is 2.55 bits per heavy atom. The van der Waals surface area contributed by atoms with Gasteiger partial charge in [0, 0.05) is 30.5 Å². The minimum atomic E-state index is -2.91. The maximum Gasteiger partial charge on any atom is 0.387 e. The highest BCUT2D eigenvalue weighted by molar-refractivity contribution is 6.13. The van der Waals surface area contributed by atoms with Gasteiger partial charge < -0.3 is 10.1 Å². The van der Waals surface area contributed by atoms with Gasteiger partial charge in [-0.1, -0.05) is 6.92 Å². The van der Waals surface area contributed by atoms with Crippen molar-refractivity contribution in [1.82, 2.24) is 24.5 Å². The summed E-state index contributed by atoms with van der Waals surface area (Å²) in [4.78, 5) is 18.2. The number of nitrogens with one attached hydrogen (secondary N) is 1. The SMILES string of the molecule is CCCn1nc(C)c2c(C(=O)Nc3ccc(OC(F)F)cc3)cc(-c3cnn(C)c3C)nc21. The number of aryl methyl sites for hydroxylation is 3. The highest BCUT2D eigenvalue weighted by Crippen LogP contribution is 2.29. The van der Waals surface area contributed by atoms with Crippen LogP contribution in [0.3, 0.4) is 0 Å². The fraction of sp³-hybridized carbons (Fsp3) is 0.304. The van der Waals surface area contributed by atoms with Gasteiger partial charge in [0.25, 0.3) is 5.91 Å². The molecule has 4 aromatic rings. The van der Waals surface area contributed by atoms with Gasteiger partial charge in [-0.15, -0.1) is 0 Å². The van der Waals surface area contributed by atoms with Crippen molar-refractivity contribution < 1.29 is 18.3 Å². The molecule has 1 amide bonds. The van der Waals surface area contributed by atoms with Crippen LogP contribution in [0.1, 0.15) is 35.1 Å². The standard InChI is InChI=1S/C23H24F2N6O2/c1-5-10-31-21-20(13(2)29-31)17(11-19(28-21)18-12-26-30(4)14(18)3)22(32)27-15-6-8-16(9-7-15)33-23(24)25/h6-9,11-12,23H,5,10H2,1-4H3,(H,27,32). The second kappa shape index (κ2) is 8.97. The molecule has 0 atom stereocenters. The number of aromatic nitrogens is 5. The first kappa shape index (κ1) is 22.4. The van der Waals surface area contributed by atoms with Gasteiger partial charge in [0.1, 0.15) is 5.75 Å². The lowest BCUT2D eigenvalue weighted by Crippen LogP contribution is -2.13. The maximum atomic E-state index is 13.3. The van der Waals surface area contributed by atoms with Crippen LogP contribution in [0.15, 0.2) is 36.5 Å². The van der Waals surface area contributed by atoms with Gasteiger partial charge in [0.05, 0.1) is 28.5 Å². The van der Waals surface area contributed by atoms with Crippen molar-refractivity contribution in [2.45, 2.75) is 40.3 Å². The molecule has 3 heterocycles. The van der Waals surface area contributed by atoms with Gasteiger partial charge in [0.15, 0.2) is 5.65 Å². The summed E-state index contributed by atoms with van der Waals surface area (Å²) in [7, 11) is 1.85. The molecule has 0 saturated heterocycles. The van der Waals surface area contributed by atoms with Gasteiger partial charge in [-0.25, -0.2) is 9.67 Å². The third-order valence-corrected chi connectivity index (χ3v) is 5.41. The molecular formula is C23H24F2N6O2. The third-order valence-electron chi connectivity index (χ3n) is 5.41. The lowest BCUT2D eigenvalue weighted by Gasteiger charge is -2.11. The van der Waals surface area contributed by atoms with E-state index < -0.39 is 6.61 Å². The first-order valence-electron chi connectivity index (χ1n) is 10.5. The largest absolute Gasteiger partial charge is 0.435 e. The molecule has 0 unspecified atom stereocenters. The average Bonchev–Trinajstić information content (AvgIpc) is 3.27. The molecule has 0 aliphatic carbocycles. The summed E-state index contributed by atoms with van der Waals surface area (Å²) in [6.07, 6.45) is 2.59. The van der Waals surface area contributed by atoms with Crippen LogP contribution >= 0.6 is 0 Å². The Morgan fingerprint density at radius 1 is 1.21 bits per heavy atom. The number of amides is 1. The van der Waals surface area contributed by atoms with E-state index in [0.29, 0.717) is 40.2 Å². The summed E-state index contributed by atoms with van der Waals surface area (Å²) < 4.78 is 32.7. The van der Waals surface area contributed by atoms with E-state index in [0.717, 1.165) is 17.7 Å². The number of halogens is 2. The van der Waals surface area contributed by atoms with Crippen molar-refractivity contribution in [1.29, 1.82) is 0 Å². The predicted octanol–water partition coefficient (Wildman–Crippen LogP) is 4.71. The Balaban J connectivity index is 1.78. The summed E-state index contributed by atoms with van der Waals surface area (Å²) in [5, 5.41) is 12.4. The summed E-state index contributed by atoms with van der Waals surface area (Å²) in [6.45, 7) is 3.59. The molecule has 0 radical (unpaired) electrons. The summed E-state index contributed by atoms with van der Waals surface area (Å²) >= 11 is 0. The number of ether oxygens (including phenoxy) is 1. The molecule has 10 heteroatoms. The fourth-order valence-corrected chi connectivity index (χ4v) is 3.71. The molecule has 0 saturated carbocycles. The molecule has 172 valence electrons. The van der Waals surface area contributed by atoms with Crippen molar-refractivity contribution in [2.24, 2.45) is 7.05 Å². The Kier molecular flexibility index (Phi) is 6.08. The van der Waals surface area contributed by atoms with Gasteiger partial charge in [-0.2, -0.15) is 19.0 Å². The number of carbonyl (C=O) groups excluding carboxylic acids is 1. The Bertz CT molecular complexity index is 1310. The number of carbonyl (C=O) groups is 1.